The number of ether oxygens (including phenoxy) is 2. The minimum absolute atomic E-state index is 0.564. The van der Waals surface area contributed by atoms with Gasteiger partial charge in [-0.2, -0.15) is 5.26 Å². The van der Waals surface area contributed by atoms with Crippen LogP contribution in [0.15, 0.2) is 46.5 Å². The highest BCUT2D eigenvalue weighted by molar-refractivity contribution is 7.99. The second-order valence-corrected chi connectivity index (χ2v) is 4.94. The highest BCUT2D eigenvalue weighted by Crippen LogP contribution is 2.36. The molecular weight excluding hydrogens is 260 g/mol. The molecule has 0 radical (unpaired) electrons. The Morgan fingerprint density at radius 3 is 2.84 bits per heavy atom. The van der Waals surface area contributed by atoms with E-state index >= 15 is 0 Å². The molecule has 19 heavy (non-hydrogen) atoms. The number of pyridine rings is 1. The van der Waals surface area contributed by atoms with Crippen molar-refractivity contribution in [3.05, 3.63) is 42.1 Å². The molecule has 0 unspecified atom stereocenters. The SMILES string of the molecule is N#Cc1cccnc1Sc1ccc2c(c1)OCCO2. The third-order valence-electron chi connectivity index (χ3n) is 2.62. The minimum atomic E-state index is 0.564. The summed E-state index contributed by atoms with van der Waals surface area (Å²) in [6.07, 6.45) is 1.68. The Labute approximate surface area is 115 Å². The molecule has 1 aromatic heterocycles. The van der Waals surface area contributed by atoms with Crippen LogP contribution in [0, 0.1) is 11.3 Å². The first-order chi connectivity index (χ1) is 9.36. The van der Waals surface area contributed by atoms with Crippen LogP contribution in [-0.4, -0.2) is 18.2 Å². The molecule has 0 saturated heterocycles. The Kier molecular flexibility index (Phi) is 3.25. The van der Waals surface area contributed by atoms with Crippen molar-refractivity contribution in [1.29, 1.82) is 5.26 Å². The fraction of sp³-hybridized carbons (Fsp3) is 0.143. The van der Waals surface area contributed by atoms with Crippen LogP contribution in [0.2, 0.25) is 0 Å². The normalized spacial score (nSPS) is 12.8. The lowest BCUT2D eigenvalue weighted by Crippen LogP contribution is -2.15. The van der Waals surface area contributed by atoms with Crippen LogP contribution in [0.1, 0.15) is 5.56 Å². The summed E-state index contributed by atoms with van der Waals surface area (Å²) in [4.78, 5) is 5.20. The van der Waals surface area contributed by atoms with Gasteiger partial charge in [0.2, 0.25) is 0 Å². The average molecular weight is 270 g/mol. The summed E-state index contributed by atoms with van der Waals surface area (Å²) in [6, 6.07) is 11.4. The van der Waals surface area contributed by atoms with Crippen molar-refractivity contribution in [3.63, 3.8) is 0 Å². The largest absolute Gasteiger partial charge is 0.486 e. The van der Waals surface area contributed by atoms with Crippen molar-refractivity contribution in [2.75, 3.05) is 13.2 Å². The molecule has 2 heterocycles. The highest BCUT2D eigenvalue weighted by Gasteiger charge is 2.13. The first kappa shape index (κ1) is 11.9. The van der Waals surface area contributed by atoms with Crippen LogP contribution >= 0.6 is 11.8 Å². The van der Waals surface area contributed by atoms with E-state index in [1.807, 2.05) is 18.2 Å². The molecule has 0 fully saturated rings. The van der Waals surface area contributed by atoms with E-state index in [1.165, 1.54) is 11.8 Å². The zero-order valence-corrected chi connectivity index (χ0v) is 10.8. The second-order valence-electron chi connectivity index (χ2n) is 3.88. The summed E-state index contributed by atoms with van der Waals surface area (Å²) in [5, 5.41) is 9.74. The predicted molar refractivity (Wildman–Crippen MR) is 70.5 cm³/mol. The molecule has 0 saturated carbocycles. The minimum Gasteiger partial charge on any atom is -0.486 e. The van der Waals surface area contributed by atoms with Crippen molar-refractivity contribution in [1.82, 2.24) is 4.98 Å². The molecule has 1 aliphatic heterocycles. The number of rotatable bonds is 2. The van der Waals surface area contributed by atoms with Gasteiger partial charge in [-0.1, -0.05) is 11.8 Å². The molecule has 0 bridgehead atoms. The van der Waals surface area contributed by atoms with Crippen molar-refractivity contribution in [2.24, 2.45) is 0 Å². The van der Waals surface area contributed by atoms with Gasteiger partial charge in [0.1, 0.15) is 24.3 Å². The van der Waals surface area contributed by atoms with E-state index in [1.54, 1.807) is 18.3 Å². The maximum atomic E-state index is 9.04. The van der Waals surface area contributed by atoms with Crippen LogP contribution < -0.4 is 9.47 Å². The van der Waals surface area contributed by atoms with Gasteiger partial charge in [-0.15, -0.1) is 0 Å². The smallest absolute Gasteiger partial charge is 0.162 e. The molecule has 5 heteroatoms. The van der Waals surface area contributed by atoms with Gasteiger partial charge in [-0.3, -0.25) is 0 Å². The number of aromatic nitrogens is 1. The van der Waals surface area contributed by atoms with Crippen molar-refractivity contribution < 1.29 is 9.47 Å². The zero-order valence-electron chi connectivity index (χ0n) is 10.00. The molecule has 0 aliphatic carbocycles. The monoisotopic (exact) mass is 270 g/mol. The van der Waals surface area contributed by atoms with Gasteiger partial charge < -0.3 is 9.47 Å². The number of hydrogen-bond donors (Lipinski definition) is 0. The summed E-state index contributed by atoms with van der Waals surface area (Å²) in [5.74, 6) is 1.50. The van der Waals surface area contributed by atoms with E-state index in [0.717, 1.165) is 16.4 Å². The first-order valence-corrected chi connectivity index (χ1v) is 6.61. The van der Waals surface area contributed by atoms with E-state index in [4.69, 9.17) is 14.7 Å². The number of nitriles is 1. The maximum Gasteiger partial charge on any atom is 0.162 e. The predicted octanol–water partition coefficient (Wildman–Crippen LogP) is 2.88. The van der Waals surface area contributed by atoms with Gasteiger partial charge in [0.15, 0.2) is 11.5 Å². The number of fused-ring (bicyclic) bond motifs is 1. The highest BCUT2D eigenvalue weighted by atomic mass is 32.2. The van der Waals surface area contributed by atoms with Gasteiger partial charge in [0.25, 0.3) is 0 Å². The van der Waals surface area contributed by atoms with Crippen LogP contribution in [-0.2, 0) is 0 Å². The molecule has 1 aromatic carbocycles. The topological polar surface area (TPSA) is 55.1 Å². The average Bonchev–Trinajstić information content (AvgIpc) is 2.48. The Balaban J connectivity index is 1.89. The molecule has 94 valence electrons. The summed E-state index contributed by atoms with van der Waals surface area (Å²) in [5.41, 5.74) is 0.572. The molecule has 1 aliphatic rings. The Morgan fingerprint density at radius 2 is 2.00 bits per heavy atom. The third-order valence-corrected chi connectivity index (χ3v) is 3.63. The summed E-state index contributed by atoms with van der Waals surface area (Å²) in [6.45, 7) is 1.15. The third kappa shape index (κ3) is 2.49. The molecule has 0 atom stereocenters. The van der Waals surface area contributed by atoms with E-state index in [-0.39, 0.29) is 0 Å². The number of nitrogens with zero attached hydrogens (tertiary/aromatic N) is 2. The van der Waals surface area contributed by atoms with E-state index in [2.05, 4.69) is 11.1 Å². The fourth-order valence-corrected chi connectivity index (χ4v) is 2.62. The molecular formula is C14H10N2O2S. The molecule has 0 spiro atoms. The lowest BCUT2D eigenvalue weighted by Gasteiger charge is -2.18. The first-order valence-electron chi connectivity index (χ1n) is 5.79. The van der Waals surface area contributed by atoms with Crippen molar-refractivity contribution in [3.8, 4) is 17.6 Å². The standard InChI is InChI=1S/C14H10N2O2S/c15-9-10-2-1-5-16-14(10)19-11-3-4-12-13(8-11)18-7-6-17-12/h1-5,8H,6-7H2. The Bertz CT molecular complexity index is 652. The Morgan fingerprint density at radius 1 is 1.16 bits per heavy atom. The van der Waals surface area contributed by atoms with E-state index in [9.17, 15) is 0 Å². The van der Waals surface area contributed by atoms with Gasteiger partial charge in [-0.05, 0) is 30.3 Å². The second kappa shape index (κ2) is 5.21. The lowest BCUT2D eigenvalue weighted by atomic mass is 10.3. The van der Waals surface area contributed by atoms with E-state index < -0.39 is 0 Å². The van der Waals surface area contributed by atoms with Crippen molar-refractivity contribution in [2.45, 2.75) is 9.92 Å². The van der Waals surface area contributed by atoms with Crippen LogP contribution in [0.4, 0.5) is 0 Å². The quantitative estimate of drug-likeness (QED) is 0.839. The maximum absolute atomic E-state index is 9.04. The van der Waals surface area contributed by atoms with Gasteiger partial charge in [0.05, 0.1) is 5.56 Å². The molecule has 3 rings (SSSR count). The molecule has 4 nitrogen and oxygen atoms in total. The van der Waals surface area contributed by atoms with Crippen LogP contribution in [0.3, 0.4) is 0 Å². The van der Waals surface area contributed by atoms with Crippen LogP contribution in [0.25, 0.3) is 0 Å². The van der Waals surface area contributed by atoms with Gasteiger partial charge in [0, 0.05) is 11.1 Å². The molecule has 0 N–H and O–H groups in total. The molecule has 0 amide bonds. The van der Waals surface area contributed by atoms with E-state index in [0.29, 0.717) is 23.8 Å². The summed E-state index contributed by atoms with van der Waals surface area (Å²) < 4.78 is 11.0. The Hall–Kier alpha value is -2.19. The number of hydrogen-bond acceptors (Lipinski definition) is 5. The number of benzene rings is 1. The summed E-state index contributed by atoms with van der Waals surface area (Å²) >= 11 is 1.44. The van der Waals surface area contributed by atoms with Crippen LogP contribution in [0.5, 0.6) is 11.5 Å². The molecule has 2 aromatic rings. The van der Waals surface area contributed by atoms with Gasteiger partial charge >= 0.3 is 0 Å². The fourth-order valence-electron chi connectivity index (χ4n) is 1.76. The van der Waals surface area contributed by atoms with Crippen molar-refractivity contribution >= 4 is 11.8 Å². The lowest BCUT2D eigenvalue weighted by molar-refractivity contribution is 0.171. The zero-order chi connectivity index (χ0) is 13.1. The summed E-state index contributed by atoms with van der Waals surface area (Å²) in [7, 11) is 0. The van der Waals surface area contributed by atoms with Gasteiger partial charge in [-0.25, -0.2) is 4.98 Å².